The lowest BCUT2D eigenvalue weighted by molar-refractivity contribution is 0.225. The third kappa shape index (κ3) is 3.98. The molecule has 0 aliphatic carbocycles. The van der Waals surface area contributed by atoms with E-state index in [0.29, 0.717) is 4.47 Å². The zero-order valence-corrected chi connectivity index (χ0v) is 10.8. The van der Waals surface area contributed by atoms with Crippen molar-refractivity contribution in [1.29, 1.82) is 0 Å². The van der Waals surface area contributed by atoms with Gasteiger partial charge in [0, 0.05) is 32.8 Å². The molecule has 1 aromatic rings. The quantitative estimate of drug-likeness (QED) is 0.780. The minimum atomic E-state index is -3.88. The summed E-state index contributed by atoms with van der Waals surface area (Å²) in [7, 11) is 1.24. The van der Waals surface area contributed by atoms with Crippen LogP contribution >= 0.6 is 38.2 Å². The molecule has 15 heavy (non-hydrogen) atoms. The first-order valence-electron chi connectivity index (χ1n) is 3.41. The van der Waals surface area contributed by atoms with E-state index in [2.05, 4.69) is 20.7 Å². The van der Waals surface area contributed by atoms with Crippen LogP contribution in [0.1, 0.15) is 0 Å². The van der Waals surface area contributed by atoms with Crippen molar-refractivity contribution in [2.45, 2.75) is 4.90 Å². The molecule has 0 aliphatic heterocycles. The van der Waals surface area contributed by atoms with Crippen LogP contribution in [0.2, 0.25) is 0 Å². The zero-order valence-electron chi connectivity index (χ0n) is 6.91. The Bertz CT molecular complexity index is 500. The van der Waals surface area contributed by atoms with Gasteiger partial charge >= 0.3 is 5.43 Å². The highest BCUT2D eigenvalue weighted by molar-refractivity contribution is 9.10. The highest BCUT2D eigenvalue weighted by Gasteiger charge is 2.13. The van der Waals surface area contributed by atoms with Crippen LogP contribution in [0.3, 0.4) is 0 Å². The fourth-order valence-electron chi connectivity index (χ4n) is 0.829. The van der Waals surface area contributed by atoms with Gasteiger partial charge in [-0.3, -0.25) is 0 Å². The molecule has 0 fully saturated rings. The van der Waals surface area contributed by atoms with E-state index in [-0.39, 0.29) is 10.6 Å². The van der Waals surface area contributed by atoms with Crippen LogP contribution in [-0.4, -0.2) is 13.8 Å². The van der Waals surface area contributed by atoms with Gasteiger partial charge in [0.15, 0.2) is 0 Å². The number of benzene rings is 1. The van der Waals surface area contributed by atoms with Gasteiger partial charge in [-0.2, -0.15) is 0 Å². The minimum Gasteiger partial charge on any atom is -0.414 e. The average Bonchev–Trinajstić information content (AvgIpc) is 1.99. The summed E-state index contributed by atoms with van der Waals surface area (Å²) >= 11 is 8.01. The van der Waals surface area contributed by atoms with Crippen molar-refractivity contribution >= 4 is 52.7 Å². The summed E-state index contributed by atoms with van der Waals surface area (Å²) in [5, 5.41) is 0. The van der Waals surface area contributed by atoms with Crippen LogP contribution in [-0.2, 0) is 9.05 Å². The highest BCUT2D eigenvalue weighted by atomic mass is 79.9. The Kier molecular flexibility index (Phi) is 3.99. The van der Waals surface area contributed by atoms with E-state index in [9.17, 15) is 13.2 Å². The molecule has 0 spiro atoms. The van der Waals surface area contributed by atoms with Crippen LogP contribution in [0.15, 0.2) is 27.6 Å². The summed E-state index contributed by atoms with van der Waals surface area (Å²) in [6.45, 7) is 0. The van der Waals surface area contributed by atoms with Crippen molar-refractivity contribution in [1.82, 2.24) is 0 Å². The van der Waals surface area contributed by atoms with Gasteiger partial charge in [0.25, 0.3) is 9.05 Å². The van der Waals surface area contributed by atoms with Gasteiger partial charge in [-0.1, -0.05) is 15.9 Å². The molecule has 0 unspecified atom stereocenters. The van der Waals surface area contributed by atoms with Gasteiger partial charge in [-0.25, -0.2) is 13.2 Å². The van der Waals surface area contributed by atoms with E-state index in [1.165, 1.54) is 12.1 Å². The molecule has 82 valence electrons. The summed E-state index contributed by atoms with van der Waals surface area (Å²) in [5.41, 5.74) is -1.06. The van der Waals surface area contributed by atoms with Crippen LogP contribution in [0, 0.1) is 0 Å². The SMILES string of the molecule is O=C(Cl)Oc1cc(Br)cc(S(=O)(=O)Cl)c1. The molecule has 0 bridgehead atoms. The maximum atomic E-state index is 11.0. The molecule has 1 aromatic carbocycles. The van der Waals surface area contributed by atoms with Gasteiger partial charge in [0.05, 0.1) is 4.90 Å². The fraction of sp³-hybridized carbons (Fsp3) is 0. The second-order valence-electron chi connectivity index (χ2n) is 2.40. The highest BCUT2D eigenvalue weighted by Crippen LogP contribution is 2.26. The first-order valence-corrected chi connectivity index (χ1v) is 6.89. The van der Waals surface area contributed by atoms with Crippen molar-refractivity contribution in [2.24, 2.45) is 0 Å². The largest absolute Gasteiger partial charge is 0.414 e. The molecule has 0 heterocycles. The number of hydrogen-bond acceptors (Lipinski definition) is 4. The van der Waals surface area contributed by atoms with Gasteiger partial charge in [0.2, 0.25) is 0 Å². The second kappa shape index (κ2) is 4.69. The Labute approximate surface area is 104 Å². The smallest absolute Gasteiger partial charge is 0.409 e. The summed E-state index contributed by atoms with van der Waals surface area (Å²) in [6, 6.07) is 3.74. The van der Waals surface area contributed by atoms with Crippen LogP contribution < -0.4 is 4.74 Å². The van der Waals surface area contributed by atoms with Crippen molar-refractivity contribution in [3.63, 3.8) is 0 Å². The second-order valence-corrected chi connectivity index (χ2v) is 6.19. The molecule has 0 amide bonds. The van der Waals surface area contributed by atoms with Crippen LogP contribution in [0.25, 0.3) is 0 Å². The Morgan fingerprint density at radius 3 is 2.40 bits per heavy atom. The Hall–Kier alpha value is -0.300. The fourth-order valence-corrected chi connectivity index (χ4v) is 2.33. The Balaban J connectivity index is 3.23. The molecular formula is C7H3BrCl2O4S. The molecule has 4 nitrogen and oxygen atoms in total. The minimum absolute atomic E-state index is 0.0106. The van der Waals surface area contributed by atoms with Crippen LogP contribution in [0.4, 0.5) is 4.79 Å². The average molecular weight is 334 g/mol. The summed E-state index contributed by atoms with van der Waals surface area (Å²) in [4.78, 5) is 10.2. The van der Waals surface area contributed by atoms with Gasteiger partial charge in [-0.05, 0) is 12.1 Å². The molecule has 1 rings (SSSR count). The van der Waals surface area contributed by atoms with E-state index < -0.39 is 14.5 Å². The monoisotopic (exact) mass is 332 g/mol. The first-order chi connectivity index (χ1) is 6.79. The third-order valence-corrected chi connectivity index (χ3v) is 3.19. The van der Waals surface area contributed by atoms with E-state index in [1.54, 1.807) is 0 Å². The van der Waals surface area contributed by atoms with Crippen molar-refractivity contribution in [3.8, 4) is 5.75 Å². The molecule has 8 heteroatoms. The molecule has 0 saturated carbocycles. The lowest BCUT2D eigenvalue weighted by Gasteiger charge is -2.03. The van der Waals surface area contributed by atoms with Crippen molar-refractivity contribution in [3.05, 3.63) is 22.7 Å². The van der Waals surface area contributed by atoms with E-state index >= 15 is 0 Å². The molecule has 0 aliphatic rings. The molecule has 0 aromatic heterocycles. The number of halogens is 3. The molecule has 0 atom stereocenters. The van der Waals surface area contributed by atoms with Gasteiger partial charge < -0.3 is 4.74 Å². The third-order valence-electron chi connectivity index (χ3n) is 1.32. The van der Waals surface area contributed by atoms with E-state index in [0.717, 1.165) is 6.07 Å². The molecular weight excluding hydrogens is 331 g/mol. The topological polar surface area (TPSA) is 60.4 Å². The number of carbonyl (C=O) groups excluding carboxylic acids is 1. The predicted molar refractivity (Wildman–Crippen MR) is 59.1 cm³/mol. The predicted octanol–water partition coefficient (Wildman–Crippen LogP) is 3.11. The zero-order chi connectivity index (χ0) is 11.6. The lowest BCUT2D eigenvalue weighted by Crippen LogP contribution is -1.98. The number of ether oxygens (including phenoxy) is 1. The summed E-state index contributed by atoms with van der Waals surface area (Å²) < 4.78 is 26.9. The van der Waals surface area contributed by atoms with E-state index in [1.807, 2.05) is 0 Å². The standard InChI is InChI=1S/C7H3BrCl2O4S/c8-4-1-5(14-7(9)11)3-6(2-4)15(10,12)13/h1-3H. The summed E-state index contributed by atoms with van der Waals surface area (Å²) in [5.74, 6) is -0.0106. The van der Waals surface area contributed by atoms with Crippen molar-refractivity contribution in [2.75, 3.05) is 0 Å². The number of carbonyl (C=O) groups is 1. The van der Waals surface area contributed by atoms with Gasteiger partial charge in [-0.15, -0.1) is 0 Å². The maximum absolute atomic E-state index is 11.0. The van der Waals surface area contributed by atoms with E-state index in [4.69, 9.17) is 22.3 Å². The molecule has 0 saturated heterocycles. The maximum Gasteiger partial charge on any atom is 0.409 e. The Morgan fingerprint density at radius 1 is 1.33 bits per heavy atom. The number of hydrogen-bond donors (Lipinski definition) is 0. The summed E-state index contributed by atoms with van der Waals surface area (Å²) in [6.07, 6.45) is 0. The molecule has 0 N–H and O–H groups in total. The molecule has 0 radical (unpaired) electrons. The van der Waals surface area contributed by atoms with Crippen LogP contribution in [0.5, 0.6) is 5.75 Å². The lowest BCUT2D eigenvalue weighted by atomic mass is 10.3. The van der Waals surface area contributed by atoms with Gasteiger partial charge in [0.1, 0.15) is 5.75 Å². The Morgan fingerprint density at radius 2 is 1.93 bits per heavy atom. The van der Waals surface area contributed by atoms with Crippen molar-refractivity contribution < 1.29 is 17.9 Å². The first kappa shape index (κ1) is 12.8. The normalized spacial score (nSPS) is 11.1. The number of rotatable bonds is 2.